The lowest BCUT2D eigenvalue weighted by molar-refractivity contribution is -0.0586. The highest BCUT2D eigenvalue weighted by molar-refractivity contribution is 5.94. The molecule has 0 spiro atoms. The number of aryl methyl sites for hydroxylation is 1. The number of hydrogen-bond donors (Lipinski definition) is 0. The fourth-order valence-corrected chi connectivity index (χ4v) is 2.48. The molecule has 0 aliphatic carbocycles. The van der Waals surface area contributed by atoms with Crippen LogP contribution in [0.15, 0.2) is 18.2 Å². The van der Waals surface area contributed by atoms with E-state index in [0.29, 0.717) is 18.7 Å². The number of ether oxygens (including phenoxy) is 2. The van der Waals surface area contributed by atoms with Gasteiger partial charge >= 0.3 is 0 Å². The number of methoxy groups -OCH3 is 1. The van der Waals surface area contributed by atoms with Crippen LogP contribution in [0.5, 0.6) is 5.75 Å². The molecule has 1 amide bonds. The topological polar surface area (TPSA) is 38.8 Å². The normalized spacial score (nSPS) is 23.3. The van der Waals surface area contributed by atoms with Crippen molar-refractivity contribution in [1.82, 2.24) is 4.90 Å². The minimum Gasteiger partial charge on any atom is -0.496 e. The lowest BCUT2D eigenvalue weighted by atomic mass is 10.1. The number of morpholine rings is 1. The average molecular weight is 263 g/mol. The predicted molar refractivity (Wildman–Crippen MR) is 73.6 cm³/mol. The summed E-state index contributed by atoms with van der Waals surface area (Å²) in [5.41, 5.74) is 1.70. The van der Waals surface area contributed by atoms with E-state index in [9.17, 15) is 4.79 Å². The first-order valence-corrected chi connectivity index (χ1v) is 6.60. The van der Waals surface area contributed by atoms with Gasteiger partial charge in [-0.3, -0.25) is 4.79 Å². The van der Waals surface area contributed by atoms with Crippen molar-refractivity contribution in [3.8, 4) is 5.75 Å². The summed E-state index contributed by atoms with van der Waals surface area (Å²) in [6.07, 6.45) is 0.167. The van der Waals surface area contributed by atoms with Crippen molar-refractivity contribution in [2.45, 2.75) is 33.0 Å². The van der Waals surface area contributed by atoms with Gasteiger partial charge in [0, 0.05) is 18.7 Å². The first-order valence-electron chi connectivity index (χ1n) is 6.60. The van der Waals surface area contributed by atoms with Crippen molar-refractivity contribution >= 4 is 5.91 Å². The molecule has 1 aliphatic rings. The Balaban J connectivity index is 2.19. The van der Waals surface area contributed by atoms with Crippen LogP contribution in [0, 0.1) is 6.92 Å². The summed E-state index contributed by atoms with van der Waals surface area (Å²) in [6.45, 7) is 7.22. The highest BCUT2D eigenvalue weighted by Gasteiger charge is 2.26. The Kier molecular flexibility index (Phi) is 4.10. The van der Waals surface area contributed by atoms with Crippen LogP contribution in [0.3, 0.4) is 0 Å². The number of carbonyl (C=O) groups excluding carboxylic acids is 1. The van der Waals surface area contributed by atoms with Crippen LogP contribution < -0.4 is 4.74 Å². The molecule has 2 rings (SSSR count). The zero-order valence-corrected chi connectivity index (χ0v) is 12.0. The van der Waals surface area contributed by atoms with Crippen LogP contribution in [-0.2, 0) is 4.74 Å². The Morgan fingerprint density at radius 1 is 1.32 bits per heavy atom. The van der Waals surface area contributed by atoms with E-state index in [4.69, 9.17) is 9.47 Å². The van der Waals surface area contributed by atoms with E-state index in [0.717, 1.165) is 11.3 Å². The molecule has 4 nitrogen and oxygen atoms in total. The molecule has 1 aromatic carbocycles. The van der Waals surface area contributed by atoms with Gasteiger partial charge in [-0.25, -0.2) is 0 Å². The number of amides is 1. The Bertz CT molecular complexity index is 462. The molecule has 104 valence electrons. The molecule has 2 atom stereocenters. The molecule has 0 aromatic heterocycles. The largest absolute Gasteiger partial charge is 0.496 e. The quantitative estimate of drug-likeness (QED) is 0.821. The first-order chi connectivity index (χ1) is 9.01. The van der Waals surface area contributed by atoms with E-state index in [2.05, 4.69) is 0 Å². The molecule has 1 aromatic rings. The second-order valence-electron chi connectivity index (χ2n) is 5.15. The van der Waals surface area contributed by atoms with E-state index in [1.54, 1.807) is 7.11 Å². The zero-order valence-electron chi connectivity index (χ0n) is 12.0. The molecule has 0 saturated carbocycles. The van der Waals surface area contributed by atoms with E-state index in [1.165, 1.54) is 0 Å². The van der Waals surface area contributed by atoms with Gasteiger partial charge in [0.2, 0.25) is 0 Å². The number of hydrogen-bond acceptors (Lipinski definition) is 3. The zero-order chi connectivity index (χ0) is 14.0. The van der Waals surface area contributed by atoms with Gasteiger partial charge in [0.05, 0.1) is 19.3 Å². The van der Waals surface area contributed by atoms with Gasteiger partial charge < -0.3 is 14.4 Å². The molecule has 1 heterocycles. The third-order valence-electron chi connectivity index (χ3n) is 3.36. The summed E-state index contributed by atoms with van der Waals surface area (Å²) in [7, 11) is 1.62. The van der Waals surface area contributed by atoms with Gasteiger partial charge in [-0.05, 0) is 38.5 Å². The lowest BCUT2D eigenvalue weighted by Crippen LogP contribution is -2.48. The van der Waals surface area contributed by atoms with Gasteiger partial charge in [0.25, 0.3) is 5.91 Å². The van der Waals surface area contributed by atoms with Crippen molar-refractivity contribution in [3.63, 3.8) is 0 Å². The summed E-state index contributed by atoms with van der Waals surface area (Å²) in [6, 6.07) is 5.58. The average Bonchev–Trinajstić information content (AvgIpc) is 2.37. The van der Waals surface area contributed by atoms with Gasteiger partial charge in [-0.2, -0.15) is 0 Å². The summed E-state index contributed by atoms with van der Waals surface area (Å²) < 4.78 is 10.9. The second kappa shape index (κ2) is 5.61. The standard InChI is InChI=1S/C15H21NO3/c1-10-5-6-13(7-14(10)18-4)15(17)16-8-11(2)19-12(3)9-16/h5-7,11-12H,8-9H2,1-4H3. The van der Waals surface area contributed by atoms with Gasteiger partial charge in [-0.1, -0.05) is 6.07 Å². The maximum absolute atomic E-state index is 12.5. The number of benzene rings is 1. The van der Waals surface area contributed by atoms with Crippen LogP contribution in [0.1, 0.15) is 29.8 Å². The highest BCUT2D eigenvalue weighted by Crippen LogP contribution is 2.21. The third-order valence-corrected chi connectivity index (χ3v) is 3.36. The molecule has 2 unspecified atom stereocenters. The molecular weight excluding hydrogens is 242 g/mol. The monoisotopic (exact) mass is 263 g/mol. The van der Waals surface area contributed by atoms with E-state index in [-0.39, 0.29) is 18.1 Å². The van der Waals surface area contributed by atoms with Crippen LogP contribution in [-0.4, -0.2) is 43.2 Å². The maximum atomic E-state index is 12.5. The van der Waals surface area contributed by atoms with Crippen molar-refractivity contribution in [2.24, 2.45) is 0 Å². The van der Waals surface area contributed by atoms with Crippen molar-refractivity contribution < 1.29 is 14.3 Å². The third kappa shape index (κ3) is 3.07. The fourth-order valence-electron chi connectivity index (χ4n) is 2.48. The molecule has 19 heavy (non-hydrogen) atoms. The van der Waals surface area contributed by atoms with Crippen LogP contribution in [0.25, 0.3) is 0 Å². The highest BCUT2D eigenvalue weighted by atomic mass is 16.5. The SMILES string of the molecule is COc1cc(C(=O)N2CC(C)OC(C)C2)ccc1C. The molecule has 0 N–H and O–H groups in total. The summed E-state index contributed by atoms with van der Waals surface area (Å²) in [4.78, 5) is 14.3. The molecule has 1 fully saturated rings. The lowest BCUT2D eigenvalue weighted by Gasteiger charge is -2.35. The molecule has 1 aliphatic heterocycles. The van der Waals surface area contributed by atoms with Crippen molar-refractivity contribution in [1.29, 1.82) is 0 Å². The van der Waals surface area contributed by atoms with Crippen LogP contribution in [0.4, 0.5) is 0 Å². The number of nitrogens with zero attached hydrogens (tertiary/aromatic N) is 1. The molecule has 0 radical (unpaired) electrons. The summed E-state index contributed by atoms with van der Waals surface area (Å²) in [5, 5.41) is 0. The van der Waals surface area contributed by atoms with Gasteiger partial charge in [0.1, 0.15) is 5.75 Å². The summed E-state index contributed by atoms with van der Waals surface area (Å²) >= 11 is 0. The van der Waals surface area contributed by atoms with E-state index in [1.807, 2.05) is 43.9 Å². The Labute approximate surface area is 114 Å². The molecule has 0 bridgehead atoms. The summed E-state index contributed by atoms with van der Waals surface area (Å²) in [5.74, 6) is 0.792. The number of carbonyl (C=O) groups is 1. The van der Waals surface area contributed by atoms with Crippen LogP contribution >= 0.6 is 0 Å². The smallest absolute Gasteiger partial charge is 0.254 e. The Hall–Kier alpha value is -1.55. The first kappa shape index (κ1) is 13.9. The van der Waals surface area contributed by atoms with Gasteiger partial charge in [0.15, 0.2) is 0 Å². The Morgan fingerprint density at radius 3 is 2.53 bits per heavy atom. The Morgan fingerprint density at radius 2 is 1.95 bits per heavy atom. The molecule has 4 heteroatoms. The molecule has 1 saturated heterocycles. The van der Waals surface area contributed by atoms with E-state index >= 15 is 0 Å². The molecular formula is C15H21NO3. The minimum absolute atomic E-state index is 0.0419. The number of rotatable bonds is 2. The fraction of sp³-hybridized carbons (Fsp3) is 0.533. The van der Waals surface area contributed by atoms with E-state index < -0.39 is 0 Å². The van der Waals surface area contributed by atoms with Crippen molar-refractivity contribution in [3.05, 3.63) is 29.3 Å². The van der Waals surface area contributed by atoms with Crippen molar-refractivity contribution in [2.75, 3.05) is 20.2 Å². The minimum atomic E-state index is 0.0419. The van der Waals surface area contributed by atoms with Gasteiger partial charge in [-0.15, -0.1) is 0 Å². The van der Waals surface area contributed by atoms with Crippen LogP contribution in [0.2, 0.25) is 0 Å². The second-order valence-corrected chi connectivity index (χ2v) is 5.15. The maximum Gasteiger partial charge on any atom is 0.254 e. The predicted octanol–water partition coefficient (Wildman–Crippen LogP) is 2.25.